The Morgan fingerprint density at radius 1 is 0.780 bits per heavy atom. The van der Waals surface area contributed by atoms with Gasteiger partial charge in [-0.15, -0.1) is 0 Å². The van der Waals surface area contributed by atoms with Gasteiger partial charge in [-0.05, 0) is 92.8 Å². The molecule has 10 nitrogen and oxygen atoms in total. The molecule has 59 heavy (non-hydrogen) atoms. The van der Waals surface area contributed by atoms with Crippen LogP contribution in [0.15, 0.2) is 66.7 Å². The van der Waals surface area contributed by atoms with Gasteiger partial charge in [-0.3, -0.25) is 14.4 Å². The van der Waals surface area contributed by atoms with Crippen molar-refractivity contribution in [1.82, 2.24) is 8.87 Å². The zero-order chi connectivity index (χ0) is 41.1. The molecule has 312 valence electrons. The van der Waals surface area contributed by atoms with Crippen LogP contribution in [0.2, 0.25) is 0 Å². The van der Waals surface area contributed by atoms with Crippen molar-refractivity contribution in [3.8, 4) is 17.0 Å². The highest BCUT2D eigenvalue weighted by Crippen LogP contribution is 2.45. The number of anilines is 2. The first kappa shape index (κ1) is 40.9. The first-order valence-corrected chi connectivity index (χ1v) is 23.3. The summed E-state index contributed by atoms with van der Waals surface area (Å²) in [7, 11) is -3.31. The summed E-state index contributed by atoms with van der Waals surface area (Å²) in [4.78, 5) is 43.7. The Morgan fingerprint density at radius 2 is 1.54 bits per heavy atom. The summed E-state index contributed by atoms with van der Waals surface area (Å²) in [5, 5.41) is 0.975. The molecule has 2 saturated heterocycles. The standard InChI is InChI=1S/C47H55FN4O6S/c1-59(56,57)50-26-24-49(25-27-50)42-22-18-36(51-23-11-16-45(51)55)28-35(42)32-58-38-19-21-39(41(48)30-38)47-46(33-12-7-6-8-13-33)40-20-17-34-29-43(40)52(47)31-37(53)14-9-4-2-3-5-10-15-44(34)54/h2-3,17-22,28-30,33H,4-16,23-27,31-32H2,1H3/b3-2-. The van der Waals surface area contributed by atoms with Crippen LogP contribution in [0.5, 0.6) is 5.75 Å². The maximum atomic E-state index is 16.9. The number of benzene rings is 3. The van der Waals surface area contributed by atoms with Crippen LogP contribution < -0.4 is 14.5 Å². The monoisotopic (exact) mass is 822 g/mol. The minimum atomic E-state index is -3.31. The van der Waals surface area contributed by atoms with Gasteiger partial charge >= 0.3 is 0 Å². The van der Waals surface area contributed by atoms with Gasteiger partial charge < -0.3 is 19.1 Å². The van der Waals surface area contributed by atoms with E-state index in [1.165, 1.54) is 16.6 Å². The van der Waals surface area contributed by atoms with E-state index in [0.717, 1.165) is 97.6 Å². The lowest BCUT2D eigenvalue weighted by atomic mass is 9.81. The number of sulfonamides is 1. The number of halogens is 1. The fourth-order valence-electron chi connectivity index (χ4n) is 9.53. The number of fused-ring (bicyclic) bond motifs is 1. The summed E-state index contributed by atoms with van der Waals surface area (Å²) in [6.07, 6.45) is 16.0. The molecular formula is C47H55FN4O6S. The molecule has 1 amide bonds. The van der Waals surface area contributed by atoms with Crippen LogP contribution in [-0.2, 0) is 32.8 Å². The smallest absolute Gasteiger partial charge is 0.227 e. The summed E-state index contributed by atoms with van der Waals surface area (Å²) in [5.74, 6) is 0.283. The summed E-state index contributed by atoms with van der Waals surface area (Å²) in [6.45, 7) is 2.55. The molecule has 1 saturated carbocycles. The summed E-state index contributed by atoms with van der Waals surface area (Å²) in [5.41, 5.74) is 6.04. The van der Waals surface area contributed by atoms with E-state index < -0.39 is 15.8 Å². The quantitative estimate of drug-likeness (QED) is 0.163. The van der Waals surface area contributed by atoms with E-state index in [-0.39, 0.29) is 36.5 Å². The normalized spacial score (nSPS) is 20.0. The van der Waals surface area contributed by atoms with Crippen LogP contribution in [0.25, 0.3) is 22.2 Å². The van der Waals surface area contributed by atoms with Crippen LogP contribution in [0.3, 0.4) is 0 Å². The Bertz CT molecular complexity index is 2370. The fourth-order valence-corrected chi connectivity index (χ4v) is 10.4. The van der Waals surface area contributed by atoms with Gasteiger partial charge in [-0.1, -0.05) is 43.5 Å². The van der Waals surface area contributed by atoms with E-state index >= 15 is 4.39 Å². The minimum absolute atomic E-state index is 0.0691. The van der Waals surface area contributed by atoms with Crippen molar-refractivity contribution in [3.05, 3.63) is 89.3 Å². The number of rotatable bonds is 8. The Balaban J connectivity index is 1.14. The van der Waals surface area contributed by atoms with Gasteiger partial charge in [0.2, 0.25) is 15.9 Å². The third-order valence-corrected chi connectivity index (χ3v) is 13.9. The van der Waals surface area contributed by atoms with E-state index in [0.29, 0.717) is 74.6 Å². The third-order valence-electron chi connectivity index (χ3n) is 12.6. The average molecular weight is 823 g/mol. The number of carbonyl (C=O) groups is 3. The minimum Gasteiger partial charge on any atom is -0.489 e. The predicted molar refractivity (Wildman–Crippen MR) is 230 cm³/mol. The number of amides is 1. The highest BCUT2D eigenvalue weighted by Gasteiger charge is 2.30. The number of carbonyl (C=O) groups excluding carboxylic acids is 3. The van der Waals surface area contributed by atoms with Crippen LogP contribution >= 0.6 is 0 Å². The van der Waals surface area contributed by atoms with Crippen molar-refractivity contribution in [3.63, 3.8) is 0 Å². The number of ether oxygens (including phenoxy) is 1. The topological polar surface area (TPSA) is 109 Å². The number of ketones is 2. The van der Waals surface area contributed by atoms with Crippen molar-refractivity contribution >= 4 is 49.8 Å². The number of piperazine rings is 1. The van der Waals surface area contributed by atoms with Crippen molar-refractivity contribution in [2.45, 2.75) is 103 Å². The van der Waals surface area contributed by atoms with Gasteiger partial charge in [0.15, 0.2) is 11.6 Å². The van der Waals surface area contributed by atoms with Gasteiger partial charge in [0.05, 0.1) is 18.5 Å². The van der Waals surface area contributed by atoms with Crippen LogP contribution in [0.4, 0.5) is 15.8 Å². The predicted octanol–water partition coefficient (Wildman–Crippen LogP) is 8.94. The SMILES string of the molecule is CS(=O)(=O)N1CCN(c2ccc(N3CCCC3=O)cc2COc2ccc(-c3c(C4CCCCC4)c4ccc5cc4n3CC(=O)CCC/C=C\CCCC5=O)c(F)c2)CC1. The second kappa shape index (κ2) is 17.8. The van der Waals surface area contributed by atoms with Crippen molar-refractivity contribution in [2.75, 3.05) is 48.8 Å². The first-order chi connectivity index (χ1) is 28.5. The number of hydrogen-bond acceptors (Lipinski definition) is 7. The molecule has 0 radical (unpaired) electrons. The molecule has 1 aromatic heterocycles. The van der Waals surface area contributed by atoms with Crippen molar-refractivity contribution in [1.29, 1.82) is 0 Å². The molecule has 12 heteroatoms. The molecule has 3 aromatic carbocycles. The molecule has 0 spiro atoms. The number of allylic oxidation sites excluding steroid dienone is 2. The molecule has 0 atom stereocenters. The molecule has 3 fully saturated rings. The molecule has 8 rings (SSSR count). The molecule has 0 unspecified atom stereocenters. The zero-order valence-electron chi connectivity index (χ0n) is 34.1. The van der Waals surface area contributed by atoms with Gasteiger partial charge in [0.1, 0.15) is 18.2 Å². The maximum Gasteiger partial charge on any atom is 0.227 e. The highest BCUT2D eigenvalue weighted by atomic mass is 32.2. The van der Waals surface area contributed by atoms with Crippen LogP contribution in [-0.4, -0.2) is 73.7 Å². The second-order valence-corrected chi connectivity index (χ2v) is 18.7. The molecule has 1 aliphatic carbocycles. The van der Waals surface area contributed by atoms with Gasteiger partial charge in [-0.2, -0.15) is 4.31 Å². The summed E-state index contributed by atoms with van der Waals surface area (Å²) < 4.78 is 51.2. The fraction of sp³-hybridized carbons (Fsp3) is 0.468. The molecular weight excluding hydrogens is 768 g/mol. The summed E-state index contributed by atoms with van der Waals surface area (Å²) in [6, 6.07) is 16.7. The Labute approximate surface area is 347 Å². The lowest BCUT2D eigenvalue weighted by Gasteiger charge is -2.36. The molecule has 2 bridgehead atoms. The largest absolute Gasteiger partial charge is 0.489 e. The maximum absolute atomic E-state index is 16.9. The van der Waals surface area contributed by atoms with Crippen LogP contribution in [0.1, 0.15) is 111 Å². The van der Waals surface area contributed by atoms with E-state index in [4.69, 9.17) is 4.74 Å². The second-order valence-electron chi connectivity index (χ2n) is 16.7. The third kappa shape index (κ3) is 9.04. The van der Waals surface area contributed by atoms with E-state index in [2.05, 4.69) is 17.1 Å². The number of aromatic nitrogens is 1. The lowest BCUT2D eigenvalue weighted by molar-refractivity contribution is -0.119. The molecule has 4 heterocycles. The number of nitrogens with zero attached hydrogens (tertiary/aromatic N) is 4. The van der Waals surface area contributed by atoms with E-state index in [1.807, 2.05) is 41.0 Å². The number of Topliss-reactive ketones (excluding diaryl/α,β-unsaturated/α-hetero) is 2. The number of hydrogen-bond donors (Lipinski definition) is 0. The van der Waals surface area contributed by atoms with Crippen molar-refractivity contribution in [2.24, 2.45) is 0 Å². The molecule has 4 aromatic rings. The Morgan fingerprint density at radius 3 is 2.25 bits per heavy atom. The zero-order valence-corrected chi connectivity index (χ0v) is 34.9. The molecule has 4 aliphatic rings. The van der Waals surface area contributed by atoms with Gasteiger partial charge in [0, 0.05) is 97.0 Å². The average Bonchev–Trinajstić information content (AvgIpc) is 3.80. The Kier molecular flexibility index (Phi) is 12.4. The van der Waals surface area contributed by atoms with Crippen LogP contribution in [0, 0.1) is 5.82 Å². The Hall–Kier alpha value is -4.81. The molecule has 0 N–H and O–H groups in total. The molecule has 3 aliphatic heterocycles. The first-order valence-electron chi connectivity index (χ1n) is 21.5. The summed E-state index contributed by atoms with van der Waals surface area (Å²) >= 11 is 0. The van der Waals surface area contributed by atoms with E-state index in [1.54, 1.807) is 17.0 Å². The van der Waals surface area contributed by atoms with E-state index in [9.17, 15) is 22.8 Å². The van der Waals surface area contributed by atoms with Gasteiger partial charge in [0.25, 0.3) is 0 Å². The van der Waals surface area contributed by atoms with Crippen molar-refractivity contribution < 1.29 is 31.9 Å². The lowest BCUT2D eigenvalue weighted by Crippen LogP contribution is -2.48. The van der Waals surface area contributed by atoms with Gasteiger partial charge in [-0.25, -0.2) is 12.8 Å². The highest BCUT2D eigenvalue weighted by molar-refractivity contribution is 7.88.